The highest BCUT2D eigenvalue weighted by Crippen LogP contribution is 2.14. The number of carbonyl (C=O) groups excluding carboxylic acids is 1. The number of amides is 1. The highest BCUT2D eigenvalue weighted by atomic mass is 35.5. The normalized spacial score (nSPS) is 11.7. The fourth-order valence-electron chi connectivity index (χ4n) is 2.37. The number of rotatable bonds is 7. The van der Waals surface area contributed by atoms with Gasteiger partial charge in [-0.05, 0) is 42.7 Å². The average Bonchev–Trinajstić information content (AvgIpc) is 3.04. The lowest BCUT2D eigenvalue weighted by atomic mass is 10.0. The first kappa shape index (κ1) is 20.0. The molecule has 0 radical (unpaired) electrons. The third kappa shape index (κ3) is 5.25. The second kappa shape index (κ2) is 9.30. The van der Waals surface area contributed by atoms with Crippen LogP contribution >= 0.6 is 12.4 Å². The van der Waals surface area contributed by atoms with E-state index in [1.807, 2.05) is 24.3 Å². The Morgan fingerprint density at radius 3 is 2.50 bits per heavy atom. The third-order valence-corrected chi connectivity index (χ3v) is 3.53. The summed E-state index contributed by atoms with van der Waals surface area (Å²) in [7, 11) is 1.62. The van der Waals surface area contributed by atoms with Crippen LogP contribution in [0.25, 0.3) is 5.69 Å². The van der Waals surface area contributed by atoms with Gasteiger partial charge in [-0.25, -0.2) is 4.68 Å². The Labute approximate surface area is 148 Å². The number of nitrogens with one attached hydrogen (secondary N) is 1. The van der Waals surface area contributed by atoms with Gasteiger partial charge >= 0.3 is 0 Å². The van der Waals surface area contributed by atoms with E-state index >= 15 is 0 Å². The molecule has 1 unspecified atom stereocenters. The topological polar surface area (TPSA) is 82.2 Å². The summed E-state index contributed by atoms with van der Waals surface area (Å²) in [5.41, 5.74) is 6.96. The van der Waals surface area contributed by atoms with Crippen LogP contribution in [0.2, 0.25) is 0 Å². The molecule has 1 aromatic heterocycles. The van der Waals surface area contributed by atoms with Crippen LogP contribution in [-0.2, 0) is 0 Å². The van der Waals surface area contributed by atoms with Crippen molar-refractivity contribution in [2.75, 3.05) is 13.7 Å². The van der Waals surface area contributed by atoms with E-state index in [1.54, 1.807) is 24.1 Å². The number of methoxy groups -OCH3 is 1. The van der Waals surface area contributed by atoms with Crippen LogP contribution < -0.4 is 15.8 Å². The number of aromatic nitrogens is 2. The van der Waals surface area contributed by atoms with Gasteiger partial charge in [-0.3, -0.25) is 4.79 Å². The molecular formula is C17H25ClN4O2. The van der Waals surface area contributed by atoms with Crippen LogP contribution in [-0.4, -0.2) is 35.4 Å². The van der Waals surface area contributed by atoms with Gasteiger partial charge in [0.15, 0.2) is 5.69 Å². The Balaban J connectivity index is 0.00000288. The number of benzene rings is 1. The van der Waals surface area contributed by atoms with E-state index in [-0.39, 0.29) is 24.4 Å². The number of nitrogens with zero attached hydrogens (tertiary/aromatic N) is 2. The molecule has 0 aliphatic carbocycles. The average molecular weight is 353 g/mol. The van der Waals surface area contributed by atoms with E-state index in [4.69, 9.17) is 10.5 Å². The van der Waals surface area contributed by atoms with Gasteiger partial charge in [-0.1, -0.05) is 13.8 Å². The quantitative estimate of drug-likeness (QED) is 0.801. The van der Waals surface area contributed by atoms with Gasteiger partial charge in [-0.2, -0.15) is 5.10 Å². The standard InChI is InChI=1S/C17H24N4O2.ClH/c1-12(2)10-13(11-18)19-17(22)16-8-9-21(20-16)14-4-6-15(23-3)7-5-14;/h4-9,12-13H,10-11,18H2,1-3H3,(H,19,22);1H. The molecular weight excluding hydrogens is 328 g/mol. The molecule has 0 aliphatic heterocycles. The maximum absolute atomic E-state index is 12.3. The molecule has 0 saturated carbocycles. The maximum atomic E-state index is 12.3. The van der Waals surface area contributed by atoms with Crippen LogP contribution in [0.1, 0.15) is 30.8 Å². The molecule has 6 nitrogen and oxygen atoms in total. The van der Waals surface area contributed by atoms with Gasteiger partial charge in [0.05, 0.1) is 12.8 Å². The summed E-state index contributed by atoms with van der Waals surface area (Å²) < 4.78 is 6.79. The molecule has 0 aliphatic rings. The Morgan fingerprint density at radius 2 is 1.96 bits per heavy atom. The second-order valence-electron chi connectivity index (χ2n) is 5.88. The smallest absolute Gasteiger partial charge is 0.272 e. The molecule has 7 heteroatoms. The minimum Gasteiger partial charge on any atom is -0.497 e. The van der Waals surface area contributed by atoms with Crippen molar-refractivity contribution in [1.29, 1.82) is 0 Å². The Kier molecular flexibility index (Phi) is 7.74. The lowest BCUT2D eigenvalue weighted by Gasteiger charge is -2.18. The van der Waals surface area contributed by atoms with Crippen molar-refractivity contribution < 1.29 is 9.53 Å². The molecule has 1 atom stereocenters. The summed E-state index contributed by atoms with van der Waals surface area (Å²) in [4.78, 5) is 12.3. The molecule has 1 heterocycles. The van der Waals surface area contributed by atoms with Crippen molar-refractivity contribution in [3.63, 3.8) is 0 Å². The molecule has 3 N–H and O–H groups in total. The minimum atomic E-state index is -0.201. The first-order valence-electron chi connectivity index (χ1n) is 7.74. The Morgan fingerprint density at radius 1 is 1.29 bits per heavy atom. The zero-order chi connectivity index (χ0) is 16.8. The van der Waals surface area contributed by atoms with Crippen molar-refractivity contribution in [3.05, 3.63) is 42.2 Å². The minimum absolute atomic E-state index is 0. The van der Waals surface area contributed by atoms with E-state index < -0.39 is 0 Å². The largest absolute Gasteiger partial charge is 0.497 e. The number of halogens is 1. The number of ether oxygens (including phenoxy) is 1. The fourth-order valence-corrected chi connectivity index (χ4v) is 2.37. The molecule has 1 aromatic carbocycles. The van der Waals surface area contributed by atoms with Crippen LogP contribution in [0.3, 0.4) is 0 Å². The van der Waals surface area contributed by atoms with E-state index in [2.05, 4.69) is 24.3 Å². The summed E-state index contributed by atoms with van der Waals surface area (Å²) in [6.07, 6.45) is 2.61. The molecule has 0 fully saturated rings. The number of hydrogen-bond donors (Lipinski definition) is 2. The predicted molar refractivity (Wildman–Crippen MR) is 97.1 cm³/mol. The van der Waals surface area contributed by atoms with Crippen LogP contribution in [0.5, 0.6) is 5.75 Å². The SMILES string of the molecule is COc1ccc(-n2ccc(C(=O)NC(CN)CC(C)C)n2)cc1.Cl. The number of carbonyl (C=O) groups is 1. The summed E-state index contributed by atoms with van der Waals surface area (Å²) in [6.45, 7) is 4.63. The zero-order valence-electron chi connectivity index (χ0n) is 14.2. The van der Waals surface area contributed by atoms with E-state index in [9.17, 15) is 4.79 Å². The van der Waals surface area contributed by atoms with Gasteiger partial charge in [0.25, 0.3) is 5.91 Å². The van der Waals surface area contributed by atoms with Crippen molar-refractivity contribution >= 4 is 18.3 Å². The molecule has 2 aromatic rings. The van der Waals surface area contributed by atoms with Gasteiger partial charge in [0.1, 0.15) is 5.75 Å². The molecule has 0 saturated heterocycles. The van der Waals surface area contributed by atoms with Gasteiger partial charge in [-0.15, -0.1) is 12.4 Å². The lowest BCUT2D eigenvalue weighted by molar-refractivity contribution is 0.0928. The molecule has 0 bridgehead atoms. The number of hydrogen-bond acceptors (Lipinski definition) is 4. The first-order valence-corrected chi connectivity index (χ1v) is 7.74. The Hall–Kier alpha value is -2.05. The van der Waals surface area contributed by atoms with Crippen LogP contribution in [0, 0.1) is 5.92 Å². The van der Waals surface area contributed by atoms with Crippen molar-refractivity contribution in [2.45, 2.75) is 26.3 Å². The van der Waals surface area contributed by atoms with Crippen molar-refractivity contribution in [2.24, 2.45) is 11.7 Å². The van der Waals surface area contributed by atoms with Gasteiger partial charge in [0, 0.05) is 18.8 Å². The molecule has 1 amide bonds. The fraction of sp³-hybridized carbons (Fsp3) is 0.412. The first-order chi connectivity index (χ1) is 11.0. The highest BCUT2D eigenvalue weighted by Gasteiger charge is 2.16. The molecule has 2 rings (SSSR count). The van der Waals surface area contributed by atoms with Gasteiger partial charge in [0.2, 0.25) is 0 Å². The summed E-state index contributed by atoms with van der Waals surface area (Å²) >= 11 is 0. The summed E-state index contributed by atoms with van der Waals surface area (Å²) in [6, 6.07) is 9.13. The lowest BCUT2D eigenvalue weighted by Crippen LogP contribution is -2.41. The van der Waals surface area contributed by atoms with E-state index in [0.29, 0.717) is 18.2 Å². The second-order valence-corrected chi connectivity index (χ2v) is 5.88. The summed E-state index contributed by atoms with van der Waals surface area (Å²) in [5.74, 6) is 1.05. The highest BCUT2D eigenvalue weighted by molar-refractivity contribution is 5.92. The Bertz CT molecular complexity index is 640. The zero-order valence-corrected chi connectivity index (χ0v) is 15.0. The molecule has 0 spiro atoms. The molecule has 24 heavy (non-hydrogen) atoms. The van der Waals surface area contributed by atoms with Gasteiger partial charge < -0.3 is 15.8 Å². The maximum Gasteiger partial charge on any atom is 0.272 e. The predicted octanol–water partition coefficient (Wildman–Crippen LogP) is 2.41. The van der Waals surface area contributed by atoms with Crippen LogP contribution in [0.15, 0.2) is 36.5 Å². The van der Waals surface area contributed by atoms with Crippen molar-refractivity contribution in [3.8, 4) is 11.4 Å². The molecule has 132 valence electrons. The number of nitrogens with two attached hydrogens (primary N) is 1. The monoisotopic (exact) mass is 352 g/mol. The third-order valence-electron chi connectivity index (χ3n) is 3.53. The van der Waals surface area contributed by atoms with Crippen LogP contribution in [0.4, 0.5) is 0 Å². The summed E-state index contributed by atoms with van der Waals surface area (Å²) in [5, 5.41) is 7.26. The van der Waals surface area contributed by atoms with Crippen molar-refractivity contribution in [1.82, 2.24) is 15.1 Å². The van der Waals surface area contributed by atoms with E-state index in [1.165, 1.54) is 0 Å². The van der Waals surface area contributed by atoms with E-state index in [0.717, 1.165) is 17.9 Å².